The predicted octanol–water partition coefficient (Wildman–Crippen LogP) is 6.00. The van der Waals surface area contributed by atoms with E-state index < -0.39 is 0 Å². The first-order valence-electron chi connectivity index (χ1n) is 10.4. The lowest BCUT2D eigenvalue weighted by molar-refractivity contribution is 0.232. The van der Waals surface area contributed by atoms with Crippen molar-refractivity contribution in [2.45, 2.75) is 25.3 Å². The van der Waals surface area contributed by atoms with Gasteiger partial charge in [0.05, 0.1) is 23.4 Å². The van der Waals surface area contributed by atoms with E-state index in [1.807, 2.05) is 19.2 Å². The number of aromatic nitrogens is 1. The van der Waals surface area contributed by atoms with Crippen LogP contribution in [0.25, 0.3) is 22.2 Å². The van der Waals surface area contributed by atoms with E-state index in [9.17, 15) is 5.26 Å². The smallest absolute Gasteiger partial charge is 0.121 e. The van der Waals surface area contributed by atoms with Gasteiger partial charge in [0.15, 0.2) is 0 Å². The molecule has 1 saturated carbocycles. The molecule has 1 aromatic heterocycles. The molecule has 0 spiro atoms. The number of benzene rings is 2. The van der Waals surface area contributed by atoms with Crippen molar-refractivity contribution in [3.63, 3.8) is 0 Å². The fourth-order valence-electron chi connectivity index (χ4n) is 3.98. The molecule has 5 nitrogen and oxygen atoms in total. The number of hydrogen-bond donors (Lipinski definition) is 1. The SMILES string of the molecule is CNc1ccc(-c2c(C#N)c3ccc(OCCOP(C)C)cc3n2C2CCC2)cc1. The van der Waals surface area contributed by atoms with E-state index >= 15 is 0 Å². The first-order chi connectivity index (χ1) is 14.6. The molecule has 0 saturated heterocycles. The van der Waals surface area contributed by atoms with Gasteiger partial charge in [-0.2, -0.15) is 5.26 Å². The lowest BCUT2D eigenvalue weighted by Crippen LogP contribution is -2.17. The Kier molecular flexibility index (Phi) is 6.27. The largest absolute Gasteiger partial charge is 0.491 e. The second-order valence-corrected chi connectivity index (χ2v) is 9.67. The average molecular weight is 421 g/mol. The average Bonchev–Trinajstić information content (AvgIpc) is 3.03. The maximum absolute atomic E-state index is 10.0. The fraction of sp³-hybridized carbons (Fsp3) is 0.375. The van der Waals surface area contributed by atoms with Crippen LogP contribution < -0.4 is 10.1 Å². The molecule has 1 heterocycles. The summed E-state index contributed by atoms with van der Waals surface area (Å²) in [7, 11) is 1.54. The second-order valence-electron chi connectivity index (χ2n) is 7.79. The van der Waals surface area contributed by atoms with Gasteiger partial charge in [-0.25, -0.2) is 0 Å². The lowest BCUT2D eigenvalue weighted by Gasteiger charge is -2.30. The highest BCUT2D eigenvalue weighted by Crippen LogP contribution is 2.43. The summed E-state index contributed by atoms with van der Waals surface area (Å²) in [4.78, 5) is 0. The molecule has 1 aliphatic carbocycles. The Morgan fingerprint density at radius 3 is 2.50 bits per heavy atom. The molecule has 4 rings (SSSR count). The molecular weight excluding hydrogens is 393 g/mol. The Morgan fingerprint density at radius 2 is 1.90 bits per heavy atom. The highest BCUT2D eigenvalue weighted by molar-refractivity contribution is 7.50. The Labute approximate surface area is 179 Å². The first-order valence-corrected chi connectivity index (χ1v) is 12.6. The van der Waals surface area contributed by atoms with E-state index in [-0.39, 0.29) is 8.15 Å². The predicted molar refractivity (Wildman–Crippen MR) is 125 cm³/mol. The summed E-state index contributed by atoms with van der Waals surface area (Å²) in [5, 5.41) is 14.2. The molecule has 1 aliphatic rings. The van der Waals surface area contributed by atoms with E-state index in [0.717, 1.165) is 52.0 Å². The van der Waals surface area contributed by atoms with Crippen LogP contribution in [0.15, 0.2) is 42.5 Å². The summed E-state index contributed by atoms with van der Waals surface area (Å²) in [6.45, 7) is 5.29. The summed E-state index contributed by atoms with van der Waals surface area (Å²) in [5.74, 6) is 0.822. The van der Waals surface area contributed by atoms with Gasteiger partial charge < -0.3 is 19.1 Å². The van der Waals surface area contributed by atoms with Gasteiger partial charge in [0.2, 0.25) is 0 Å². The molecule has 0 unspecified atom stereocenters. The zero-order valence-corrected chi connectivity index (χ0v) is 18.7. The van der Waals surface area contributed by atoms with Crippen molar-refractivity contribution in [3.8, 4) is 23.1 Å². The standard InChI is InChI=1S/C24H28N3O2P/c1-26-18-9-7-17(8-10-18)24-22(16-25)21-12-11-20(28-13-14-29-30(2)3)15-23(21)27(24)19-5-4-6-19/h7-12,15,19,26H,4-6,13-14H2,1-3H3. The van der Waals surface area contributed by atoms with Crippen LogP contribution in [0.5, 0.6) is 5.75 Å². The molecule has 0 aliphatic heterocycles. The monoisotopic (exact) mass is 421 g/mol. The van der Waals surface area contributed by atoms with E-state index in [1.165, 1.54) is 6.42 Å². The quantitative estimate of drug-likeness (QED) is 0.358. The van der Waals surface area contributed by atoms with Crippen molar-refractivity contribution in [3.05, 3.63) is 48.0 Å². The van der Waals surface area contributed by atoms with Gasteiger partial charge in [0.25, 0.3) is 0 Å². The molecule has 0 bridgehead atoms. The summed E-state index contributed by atoms with van der Waals surface area (Å²) >= 11 is 0. The van der Waals surface area contributed by atoms with Gasteiger partial charge in [0, 0.05) is 38.4 Å². The molecule has 0 atom stereocenters. The van der Waals surface area contributed by atoms with Crippen molar-refractivity contribution < 1.29 is 9.26 Å². The van der Waals surface area contributed by atoms with Crippen LogP contribution in [-0.2, 0) is 4.52 Å². The van der Waals surface area contributed by atoms with Crippen molar-refractivity contribution in [2.24, 2.45) is 0 Å². The van der Waals surface area contributed by atoms with Gasteiger partial charge in [-0.1, -0.05) is 12.1 Å². The van der Waals surface area contributed by atoms with Gasteiger partial charge in [-0.15, -0.1) is 0 Å². The third-order valence-corrected chi connectivity index (χ3v) is 6.37. The minimum atomic E-state index is -0.375. The molecule has 1 fully saturated rings. The number of hydrogen-bond acceptors (Lipinski definition) is 4. The van der Waals surface area contributed by atoms with Gasteiger partial charge >= 0.3 is 0 Å². The molecule has 2 aromatic carbocycles. The first kappa shape index (κ1) is 20.7. The molecule has 1 N–H and O–H groups in total. The Morgan fingerprint density at radius 1 is 1.13 bits per heavy atom. The van der Waals surface area contributed by atoms with Crippen molar-refractivity contribution in [1.29, 1.82) is 5.26 Å². The van der Waals surface area contributed by atoms with Crippen LogP contribution in [-0.4, -0.2) is 38.2 Å². The number of rotatable bonds is 8. The molecule has 156 valence electrons. The minimum absolute atomic E-state index is 0.375. The Bertz CT molecular complexity index is 1060. The minimum Gasteiger partial charge on any atom is -0.491 e. The third-order valence-electron chi connectivity index (χ3n) is 5.68. The second kappa shape index (κ2) is 9.08. The number of nitriles is 1. The van der Waals surface area contributed by atoms with Crippen LogP contribution in [0.4, 0.5) is 5.69 Å². The lowest BCUT2D eigenvalue weighted by atomic mass is 9.92. The number of fused-ring (bicyclic) bond motifs is 1. The molecular formula is C24H28N3O2P. The van der Waals surface area contributed by atoms with E-state index in [1.54, 1.807) is 0 Å². The summed E-state index contributed by atoms with van der Waals surface area (Å²) in [5.41, 5.74) is 4.97. The van der Waals surface area contributed by atoms with Crippen LogP contribution in [0.3, 0.4) is 0 Å². The van der Waals surface area contributed by atoms with Gasteiger partial charge in [0.1, 0.15) is 18.4 Å². The molecule has 0 radical (unpaired) electrons. The van der Waals surface area contributed by atoms with E-state index in [2.05, 4.69) is 59.6 Å². The summed E-state index contributed by atoms with van der Waals surface area (Å²) < 4.78 is 14.0. The number of nitrogens with one attached hydrogen (secondary N) is 1. The Balaban J connectivity index is 1.77. The number of nitrogens with zero attached hydrogens (tertiary/aromatic N) is 2. The fourth-order valence-corrected chi connectivity index (χ4v) is 4.41. The molecule has 6 heteroatoms. The Hall–Kier alpha value is -2.54. The normalized spacial score (nSPS) is 14.0. The van der Waals surface area contributed by atoms with Crippen molar-refractivity contribution in [1.82, 2.24) is 4.57 Å². The van der Waals surface area contributed by atoms with Crippen LogP contribution in [0.1, 0.15) is 30.9 Å². The number of anilines is 1. The van der Waals surface area contributed by atoms with Crippen molar-refractivity contribution >= 4 is 24.7 Å². The van der Waals surface area contributed by atoms with Crippen LogP contribution in [0.2, 0.25) is 0 Å². The summed E-state index contributed by atoms with van der Waals surface area (Å²) in [6.07, 6.45) is 3.52. The topological polar surface area (TPSA) is 59.2 Å². The maximum atomic E-state index is 10.0. The van der Waals surface area contributed by atoms with Crippen molar-refractivity contribution in [2.75, 3.05) is 38.9 Å². The highest BCUT2D eigenvalue weighted by atomic mass is 31.1. The molecule has 3 aromatic rings. The third kappa shape index (κ3) is 4.03. The van der Waals surface area contributed by atoms with E-state index in [0.29, 0.717) is 19.3 Å². The highest BCUT2D eigenvalue weighted by Gasteiger charge is 2.28. The number of ether oxygens (including phenoxy) is 1. The van der Waals surface area contributed by atoms with Crippen LogP contribution >= 0.6 is 8.15 Å². The van der Waals surface area contributed by atoms with E-state index in [4.69, 9.17) is 9.26 Å². The maximum Gasteiger partial charge on any atom is 0.121 e. The van der Waals surface area contributed by atoms with Crippen LogP contribution in [0, 0.1) is 11.3 Å². The zero-order chi connectivity index (χ0) is 21.1. The molecule has 0 amide bonds. The van der Waals surface area contributed by atoms with Gasteiger partial charge in [-0.3, -0.25) is 0 Å². The molecule has 30 heavy (non-hydrogen) atoms. The summed E-state index contributed by atoms with van der Waals surface area (Å²) in [6, 6.07) is 17.3. The van der Waals surface area contributed by atoms with Gasteiger partial charge in [-0.05, 0) is 62.4 Å². The zero-order valence-electron chi connectivity index (χ0n) is 17.8.